The lowest BCUT2D eigenvalue weighted by molar-refractivity contribution is 0.0531. The van der Waals surface area contributed by atoms with E-state index in [1.54, 1.807) is 0 Å². The molecule has 3 heteroatoms. The Labute approximate surface area is 123 Å². The zero-order chi connectivity index (χ0) is 13.4. The molecular formula is C16H29ClN2. The first-order valence-electron chi connectivity index (χ1n) is 8.27. The van der Waals surface area contributed by atoms with Crippen molar-refractivity contribution in [1.82, 2.24) is 9.80 Å². The maximum Gasteiger partial charge on any atom is 0.0626 e. The second kappa shape index (κ2) is 5.91. The molecule has 2 aliphatic heterocycles. The lowest BCUT2D eigenvalue weighted by atomic mass is 9.88. The van der Waals surface area contributed by atoms with E-state index in [-0.39, 0.29) is 0 Å². The van der Waals surface area contributed by atoms with E-state index in [9.17, 15) is 0 Å². The zero-order valence-electron chi connectivity index (χ0n) is 12.5. The SMILES string of the molecule is CC1CCC2N(C1)CC(C)N2CC1CCC(Cl)CC1. The maximum absolute atomic E-state index is 6.23. The van der Waals surface area contributed by atoms with Crippen LogP contribution in [0.25, 0.3) is 0 Å². The first-order chi connectivity index (χ1) is 9.13. The summed E-state index contributed by atoms with van der Waals surface area (Å²) in [7, 11) is 0. The molecule has 2 nitrogen and oxygen atoms in total. The van der Waals surface area contributed by atoms with Gasteiger partial charge in [-0.25, -0.2) is 0 Å². The number of nitrogens with zero attached hydrogens (tertiary/aromatic N) is 2. The monoisotopic (exact) mass is 284 g/mol. The van der Waals surface area contributed by atoms with Crippen molar-refractivity contribution >= 4 is 11.6 Å². The van der Waals surface area contributed by atoms with Gasteiger partial charge in [-0.15, -0.1) is 11.6 Å². The second-order valence-electron chi connectivity index (χ2n) is 7.28. The lowest BCUT2D eigenvalue weighted by Crippen LogP contribution is -2.46. The Morgan fingerprint density at radius 3 is 2.42 bits per heavy atom. The Morgan fingerprint density at radius 2 is 1.68 bits per heavy atom. The van der Waals surface area contributed by atoms with Crippen LogP contribution in [0.3, 0.4) is 0 Å². The van der Waals surface area contributed by atoms with Gasteiger partial charge in [-0.3, -0.25) is 9.80 Å². The summed E-state index contributed by atoms with van der Waals surface area (Å²) >= 11 is 6.23. The topological polar surface area (TPSA) is 6.48 Å². The Balaban J connectivity index is 1.58. The molecule has 1 aliphatic carbocycles. The quantitative estimate of drug-likeness (QED) is 0.716. The highest BCUT2D eigenvalue weighted by atomic mass is 35.5. The van der Waals surface area contributed by atoms with Crippen LogP contribution in [0.4, 0.5) is 0 Å². The number of hydrogen-bond donors (Lipinski definition) is 0. The van der Waals surface area contributed by atoms with Crippen molar-refractivity contribution in [2.45, 2.75) is 70.0 Å². The summed E-state index contributed by atoms with van der Waals surface area (Å²) in [5, 5.41) is 0.458. The van der Waals surface area contributed by atoms with Gasteiger partial charge in [-0.05, 0) is 57.3 Å². The fourth-order valence-corrected chi connectivity index (χ4v) is 4.70. The summed E-state index contributed by atoms with van der Waals surface area (Å²) in [4.78, 5) is 5.55. The van der Waals surface area contributed by atoms with Gasteiger partial charge in [0, 0.05) is 31.1 Å². The molecule has 19 heavy (non-hydrogen) atoms. The van der Waals surface area contributed by atoms with Crippen molar-refractivity contribution in [3.8, 4) is 0 Å². The normalized spacial score (nSPS) is 45.3. The number of halogens is 1. The van der Waals surface area contributed by atoms with Crippen LogP contribution in [-0.2, 0) is 0 Å². The van der Waals surface area contributed by atoms with Crippen molar-refractivity contribution in [2.24, 2.45) is 11.8 Å². The van der Waals surface area contributed by atoms with E-state index in [2.05, 4.69) is 23.6 Å². The first kappa shape index (κ1) is 14.2. The molecule has 3 atom stereocenters. The maximum atomic E-state index is 6.23. The molecule has 0 radical (unpaired) electrons. The highest BCUT2D eigenvalue weighted by Crippen LogP contribution is 2.34. The van der Waals surface area contributed by atoms with E-state index < -0.39 is 0 Å². The molecule has 3 unspecified atom stereocenters. The lowest BCUT2D eigenvalue weighted by Gasteiger charge is -2.39. The van der Waals surface area contributed by atoms with Crippen LogP contribution >= 0.6 is 11.6 Å². The zero-order valence-corrected chi connectivity index (χ0v) is 13.3. The number of alkyl halides is 1. The molecule has 3 aliphatic rings. The summed E-state index contributed by atoms with van der Waals surface area (Å²) in [6.07, 6.45) is 8.72. The Morgan fingerprint density at radius 1 is 0.947 bits per heavy atom. The molecular weight excluding hydrogens is 256 g/mol. The molecule has 110 valence electrons. The van der Waals surface area contributed by atoms with E-state index in [0.29, 0.717) is 5.38 Å². The van der Waals surface area contributed by atoms with Crippen molar-refractivity contribution in [3.05, 3.63) is 0 Å². The molecule has 2 heterocycles. The molecule has 0 aromatic rings. The van der Waals surface area contributed by atoms with Crippen molar-refractivity contribution in [3.63, 3.8) is 0 Å². The largest absolute Gasteiger partial charge is 0.286 e. The van der Waals surface area contributed by atoms with E-state index in [1.807, 2.05) is 0 Å². The van der Waals surface area contributed by atoms with Gasteiger partial charge in [0.15, 0.2) is 0 Å². The summed E-state index contributed by atoms with van der Waals surface area (Å²) in [5.74, 6) is 1.80. The molecule has 0 N–H and O–H groups in total. The van der Waals surface area contributed by atoms with Crippen LogP contribution in [0.2, 0.25) is 0 Å². The van der Waals surface area contributed by atoms with Gasteiger partial charge in [0.1, 0.15) is 0 Å². The standard InChI is InChI=1S/C16H29ClN2/c1-12-3-8-16-18(9-12)10-13(2)19(16)11-14-4-6-15(17)7-5-14/h12-16H,3-11H2,1-2H3. The van der Waals surface area contributed by atoms with Gasteiger partial charge < -0.3 is 0 Å². The van der Waals surface area contributed by atoms with Crippen LogP contribution in [0, 0.1) is 11.8 Å². The van der Waals surface area contributed by atoms with Crippen molar-refractivity contribution in [1.29, 1.82) is 0 Å². The number of fused-ring (bicyclic) bond motifs is 1. The second-order valence-corrected chi connectivity index (χ2v) is 7.90. The van der Waals surface area contributed by atoms with Gasteiger partial charge in [0.2, 0.25) is 0 Å². The van der Waals surface area contributed by atoms with Crippen LogP contribution in [-0.4, -0.2) is 47.0 Å². The number of piperidine rings is 1. The third-order valence-electron chi connectivity index (χ3n) is 5.58. The van der Waals surface area contributed by atoms with E-state index >= 15 is 0 Å². The van der Waals surface area contributed by atoms with Crippen molar-refractivity contribution < 1.29 is 0 Å². The van der Waals surface area contributed by atoms with Crippen molar-refractivity contribution in [2.75, 3.05) is 19.6 Å². The molecule has 0 amide bonds. The first-order valence-corrected chi connectivity index (χ1v) is 8.71. The molecule has 1 saturated carbocycles. The van der Waals surface area contributed by atoms with E-state index in [4.69, 9.17) is 11.6 Å². The summed E-state index contributed by atoms with van der Waals surface area (Å²) in [6, 6.07) is 0.754. The van der Waals surface area contributed by atoms with E-state index in [0.717, 1.165) is 24.0 Å². The van der Waals surface area contributed by atoms with Gasteiger partial charge in [0.05, 0.1) is 6.17 Å². The smallest absolute Gasteiger partial charge is 0.0626 e. The number of rotatable bonds is 2. The molecule has 3 rings (SSSR count). The predicted molar refractivity (Wildman–Crippen MR) is 81.5 cm³/mol. The number of hydrogen-bond acceptors (Lipinski definition) is 2. The molecule has 0 aromatic heterocycles. The van der Waals surface area contributed by atoms with E-state index in [1.165, 1.54) is 58.2 Å². The summed E-state index contributed by atoms with van der Waals surface area (Å²) < 4.78 is 0. The highest BCUT2D eigenvalue weighted by Gasteiger charge is 2.40. The average molecular weight is 285 g/mol. The molecule has 0 spiro atoms. The third kappa shape index (κ3) is 3.11. The van der Waals surface area contributed by atoms with Gasteiger partial charge in [-0.2, -0.15) is 0 Å². The summed E-state index contributed by atoms with van der Waals surface area (Å²) in [6.45, 7) is 8.77. The van der Waals surface area contributed by atoms with Gasteiger partial charge >= 0.3 is 0 Å². The fraction of sp³-hybridized carbons (Fsp3) is 1.00. The summed E-state index contributed by atoms with van der Waals surface area (Å²) in [5.41, 5.74) is 0. The minimum absolute atomic E-state index is 0.458. The Hall–Kier alpha value is 0.210. The van der Waals surface area contributed by atoms with Crippen LogP contribution in [0.5, 0.6) is 0 Å². The molecule has 2 saturated heterocycles. The van der Waals surface area contributed by atoms with Gasteiger partial charge in [-0.1, -0.05) is 6.92 Å². The fourth-order valence-electron chi connectivity index (χ4n) is 4.44. The van der Waals surface area contributed by atoms with Crippen LogP contribution in [0.1, 0.15) is 52.4 Å². The highest BCUT2D eigenvalue weighted by molar-refractivity contribution is 6.20. The molecule has 0 aromatic carbocycles. The van der Waals surface area contributed by atoms with Gasteiger partial charge in [0.25, 0.3) is 0 Å². The van der Waals surface area contributed by atoms with Crippen LogP contribution < -0.4 is 0 Å². The third-order valence-corrected chi connectivity index (χ3v) is 6.01. The minimum atomic E-state index is 0.458. The average Bonchev–Trinajstić information content (AvgIpc) is 2.68. The Kier molecular flexibility index (Phi) is 4.40. The van der Waals surface area contributed by atoms with Crippen LogP contribution in [0.15, 0.2) is 0 Å². The molecule has 3 fully saturated rings. The minimum Gasteiger partial charge on any atom is -0.286 e. The predicted octanol–water partition coefficient (Wildman–Crippen LogP) is 3.55. The Bertz CT molecular complexity index is 301. The molecule has 0 bridgehead atoms.